The van der Waals surface area contributed by atoms with Crippen LogP contribution in [0.4, 0.5) is 0 Å². The van der Waals surface area contributed by atoms with E-state index in [1.165, 1.54) is 77.4 Å². The van der Waals surface area contributed by atoms with E-state index in [4.69, 9.17) is 0 Å². The molecule has 0 heterocycles. The average molecular weight is 250 g/mol. The summed E-state index contributed by atoms with van der Waals surface area (Å²) in [5.74, 6) is 1.06. The van der Waals surface area contributed by atoms with Crippen molar-refractivity contribution < 1.29 is 0 Å². The third-order valence-electron chi connectivity index (χ3n) is 5.26. The summed E-state index contributed by atoms with van der Waals surface area (Å²) in [6, 6.07) is 0.959. The summed E-state index contributed by atoms with van der Waals surface area (Å²) in [4.78, 5) is 2.88. The van der Waals surface area contributed by atoms with Crippen LogP contribution in [0.25, 0.3) is 0 Å². The predicted molar refractivity (Wildman–Crippen MR) is 76.8 cm³/mol. The molecule has 3 aliphatic rings. The summed E-state index contributed by atoms with van der Waals surface area (Å²) in [5.41, 5.74) is 0.602. The topological polar surface area (TPSA) is 15.3 Å². The van der Waals surface area contributed by atoms with Crippen molar-refractivity contribution in [3.63, 3.8) is 0 Å². The minimum absolute atomic E-state index is 0.602. The summed E-state index contributed by atoms with van der Waals surface area (Å²) in [6.07, 6.45) is 13.3. The van der Waals surface area contributed by atoms with Gasteiger partial charge < -0.3 is 5.32 Å². The van der Waals surface area contributed by atoms with Gasteiger partial charge in [-0.3, -0.25) is 4.90 Å². The predicted octanol–water partition coefficient (Wildman–Crippen LogP) is 3.03. The minimum atomic E-state index is 0.602. The fourth-order valence-electron chi connectivity index (χ4n) is 3.91. The maximum atomic E-state index is 3.49. The molecular weight excluding hydrogens is 220 g/mol. The Kier molecular flexibility index (Phi) is 3.95. The van der Waals surface area contributed by atoms with Crippen molar-refractivity contribution in [3.05, 3.63) is 0 Å². The fraction of sp³-hybridized carbons (Fsp3) is 1.00. The van der Waals surface area contributed by atoms with Crippen molar-refractivity contribution in [2.75, 3.05) is 26.7 Å². The third-order valence-corrected chi connectivity index (χ3v) is 5.26. The lowest BCUT2D eigenvalue weighted by Gasteiger charge is -2.41. The lowest BCUT2D eigenvalue weighted by atomic mass is 9.73. The summed E-state index contributed by atoms with van der Waals surface area (Å²) >= 11 is 0. The Morgan fingerprint density at radius 1 is 1.06 bits per heavy atom. The van der Waals surface area contributed by atoms with E-state index < -0.39 is 0 Å². The third kappa shape index (κ3) is 3.27. The molecule has 0 unspecified atom stereocenters. The van der Waals surface area contributed by atoms with Gasteiger partial charge >= 0.3 is 0 Å². The van der Waals surface area contributed by atoms with E-state index in [-0.39, 0.29) is 0 Å². The van der Waals surface area contributed by atoms with E-state index >= 15 is 0 Å². The Morgan fingerprint density at radius 2 is 1.78 bits per heavy atom. The standard InChI is InChI=1S/C16H30N2/c1-17-12-16(9-3-2-4-10-16)13-18(15-7-8-15)11-14-5-6-14/h14-15,17H,2-13H2,1H3. The van der Waals surface area contributed by atoms with Gasteiger partial charge in [0.15, 0.2) is 0 Å². The molecule has 0 aromatic rings. The molecule has 0 spiro atoms. The van der Waals surface area contributed by atoms with Gasteiger partial charge in [0.25, 0.3) is 0 Å². The Hall–Kier alpha value is -0.0800. The van der Waals surface area contributed by atoms with Crippen molar-refractivity contribution >= 4 is 0 Å². The molecular formula is C16H30N2. The lowest BCUT2D eigenvalue weighted by molar-refractivity contribution is 0.0959. The van der Waals surface area contributed by atoms with E-state index in [0.717, 1.165) is 12.0 Å². The molecule has 0 radical (unpaired) electrons. The maximum absolute atomic E-state index is 3.49. The summed E-state index contributed by atoms with van der Waals surface area (Å²) in [7, 11) is 2.14. The molecule has 3 rings (SSSR count). The number of nitrogens with one attached hydrogen (secondary N) is 1. The average Bonchev–Trinajstić information content (AvgIpc) is 3.24. The first-order chi connectivity index (χ1) is 8.81. The highest BCUT2D eigenvalue weighted by Gasteiger charge is 2.39. The van der Waals surface area contributed by atoms with Crippen LogP contribution in [0.2, 0.25) is 0 Å². The second-order valence-electron chi connectivity index (χ2n) is 7.19. The van der Waals surface area contributed by atoms with Crippen LogP contribution in [0.5, 0.6) is 0 Å². The molecule has 0 saturated heterocycles. The minimum Gasteiger partial charge on any atom is -0.319 e. The second kappa shape index (κ2) is 5.50. The van der Waals surface area contributed by atoms with E-state index in [0.29, 0.717) is 5.41 Å². The van der Waals surface area contributed by atoms with Gasteiger partial charge in [0, 0.05) is 25.7 Å². The maximum Gasteiger partial charge on any atom is 0.00967 e. The lowest BCUT2D eigenvalue weighted by Crippen LogP contribution is -2.46. The van der Waals surface area contributed by atoms with Gasteiger partial charge in [0.2, 0.25) is 0 Å². The number of rotatable bonds is 7. The van der Waals surface area contributed by atoms with Gasteiger partial charge in [-0.1, -0.05) is 19.3 Å². The first-order valence-corrected chi connectivity index (χ1v) is 8.20. The highest BCUT2D eigenvalue weighted by Crippen LogP contribution is 2.41. The number of hydrogen-bond acceptors (Lipinski definition) is 2. The summed E-state index contributed by atoms with van der Waals surface area (Å²) < 4.78 is 0. The van der Waals surface area contributed by atoms with Gasteiger partial charge in [-0.05, 0) is 56.9 Å². The molecule has 3 saturated carbocycles. The highest BCUT2D eigenvalue weighted by molar-refractivity contribution is 4.94. The van der Waals surface area contributed by atoms with Crippen LogP contribution in [-0.2, 0) is 0 Å². The van der Waals surface area contributed by atoms with Gasteiger partial charge in [0.1, 0.15) is 0 Å². The quantitative estimate of drug-likeness (QED) is 0.747. The van der Waals surface area contributed by atoms with E-state index in [1.54, 1.807) is 0 Å². The smallest absolute Gasteiger partial charge is 0.00967 e. The molecule has 0 bridgehead atoms. The SMILES string of the molecule is CNCC1(CN(CC2CC2)C2CC2)CCCCC1. The Bertz CT molecular complexity index is 257. The Morgan fingerprint density at radius 3 is 2.33 bits per heavy atom. The van der Waals surface area contributed by atoms with Crippen LogP contribution in [0, 0.1) is 11.3 Å². The monoisotopic (exact) mass is 250 g/mol. The molecule has 3 fully saturated rings. The van der Waals surface area contributed by atoms with E-state index in [1.807, 2.05) is 0 Å². The zero-order valence-electron chi connectivity index (χ0n) is 12.1. The van der Waals surface area contributed by atoms with Crippen LogP contribution in [0.15, 0.2) is 0 Å². The van der Waals surface area contributed by atoms with Crippen LogP contribution >= 0.6 is 0 Å². The van der Waals surface area contributed by atoms with Crippen molar-refractivity contribution in [1.29, 1.82) is 0 Å². The van der Waals surface area contributed by atoms with Crippen LogP contribution in [0.1, 0.15) is 57.8 Å². The van der Waals surface area contributed by atoms with Crippen LogP contribution in [0.3, 0.4) is 0 Å². The molecule has 0 aromatic heterocycles. The van der Waals surface area contributed by atoms with E-state index in [9.17, 15) is 0 Å². The zero-order chi connectivity index (χ0) is 12.4. The number of hydrogen-bond donors (Lipinski definition) is 1. The zero-order valence-corrected chi connectivity index (χ0v) is 12.1. The highest BCUT2D eigenvalue weighted by atomic mass is 15.2. The molecule has 0 aliphatic heterocycles. The van der Waals surface area contributed by atoms with Gasteiger partial charge in [0.05, 0.1) is 0 Å². The van der Waals surface area contributed by atoms with Gasteiger partial charge in [-0.25, -0.2) is 0 Å². The largest absolute Gasteiger partial charge is 0.319 e. The molecule has 18 heavy (non-hydrogen) atoms. The molecule has 3 aliphatic carbocycles. The number of nitrogens with zero attached hydrogens (tertiary/aromatic N) is 1. The van der Waals surface area contributed by atoms with Crippen molar-refractivity contribution in [2.45, 2.75) is 63.8 Å². The molecule has 104 valence electrons. The molecule has 0 amide bonds. The normalized spacial score (nSPS) is 27.7. The molecule has 0 aromatic carbocycles. The Labute approximate surface area is 113 Å². The van der Waals surface area contributed by atoms with Gasteiger partial charge in [-0.15, -0.1) is 0 Å². The van der Waals surface area contributed by atoms with Gasteiger partial charge in [-0.2, -0.15) is 0 Å². The molecule has 0 atom stereocenters. The molecule has 2 nitrogen and oxygen atoms in total. The van der Waals surface area contributed by atoms with Crippen molar-refractivity contribution in [3.8, 4) is 0 Å². The fourth-order valence-corrected chi connectivity index (χ4v) is 3.91. The van der Waals surface area contributed by atoms with E-state index in [2.05, 4.69) is 17.3 Å². The summed E-state index contributed by atoms with van der Waals surface area (Å²) in [5, 5.41) is 3.49. The first-order valence-electron chi connectivity index (χ1n) is 8.20. The second-order valence-corrected chi connectivity index (χ2v) is 7.19. The van der Waals surface area contributed by atoms with Crippen molar-refractivity contribution in [1.82, 2.24) is 10.2 Å². The molecule has 1 N–H and O–H groups in total. The Balaban J connectivity index is 1.61. The van der Waals surface area contributed by atoms with Crippen LogP contribution in [-0.4, -0.2) is 37.6 Å². The first kappa shape index (κ1) is 12.9. The van der Waals surface area contributed by atoms with Crippen LogP contribution < -0.4 is 5.32 Å². The summed E-state index contributed by atoms with van der Waals surface area (Å²) in [6.45, 7) is 4.03. The molecule has 2 heteroatoms. The van der Waals surface area contributed by atoms with Crippen molar-refractivity contribution in [2.24, 2.45) is 11.3 Å².